The molecule has 122 valence electrons. The van der Waals surface area contributed by atoms with E-state index in [0.29, 0.717) is 6.42 Å². The highest BCUT2D eigenvalue weighted by atomic mass is 32.2. The molecule has 1 heterocycles. The molecule has 23 heavy (non-hydrogen) atoms. The van der Waals surface area contributed by atoms with Gasteiger partial charge in [-0.1, -0.05) is 53.4 Å². The fourth-order valence-corrected chi connectivity index (χ4v) is 3.51. The number of aryl methyl sites for hydroxylation is 1. The monoisotopic (exact) mass is 351 g/mol. The fourth-order valence-electron chi connectivity index (χ4n) is 1.89. The number of aromatic nitrogens is 2. The van der Waals surface area contributed by atoms with Gasteiger partial charge in [0.25, 0.3) is 0 Å². The zero-order chi connectivity index (χ0) is 16.7. The third-order valence-electron chi connectivity index (χ3n) is 2.94. The molecule has 0 aliphatic carbocycles. The molecule has 1 unspecified atom stereocenters. The summed E-state index contributed by atoms with van der Waals surface area (Å²) in [7, 11) is 1.31. The van der Waals surface area contributed by atoms with Crippen LogP contribution in [-0.4, -0.2) is 41.0 Å². The van der Waals surface area contributed by atoms with Crippen molar-refractivity contribution in [1.82, 2.24) is 15.5 Å². The summed E-state index contributed by atoms with van der Waals surface area (Å²) in [6, 6.07) is 8.78. The molecule has 0 radical (unpaired) electrons. The topological polar surface area (TPSA) is 81.2 Å². The van der Waals surface area contributed by atoms with Crippen LogP contribution in [0.4, 0.5) is 0 Å². The van der Waals surface area contributed by atoms with E-state index in [1.807, 2.05) is 37.3 Å². The number of carbonyl (C=O) groups is 2. The number of nitrogens with zero attached hydrogens (tertiary/aromatic N) is 2. The summed E-state index contributed by atoms with van der Waals surface area (Å²) in [5, 5.41) is 11.4. The van der Waals surface area contributed by atoms with Crippen molar-refractivity contribution >= 4 is 35.0 Å². The molecule has 1 aromatic heterocycles. The lowest BCUT2D eigenvalue weighted by molar-refractivity contribution is -0.144. The Hall–Kier alpha value is -1.93. The van der Waals surface area contributed by atoms with Crippen LogP contribution in [0.1, 0.15) is 10.6 Å². The average molecular weight is 351 g/mol. The Morgan fingerprint density at radius 2 is 2.04 bits per heavy atom. The summed E-state index contributed by atoms with van der Waals surface area (Å²) in [6.45, 7) is 1.86. The van der Waals surface area contributed by atoms with Crippen LogP contribution in [0, 0.1) is 6.92 Å². The molecule has 6 nitrogen and oxygen atoms in total. The van der Waals surface area contributed by atoms with Gasteiger partial charge in [0.1, 0.15) is 11.0 Å². The molecule has 1 N–H and O–H groups in total. The van der Waals surface area contributed by atoms with Gasteiger partial charge in [0.05, 0.1) is 12.9 Å². The number of methoxy groups -OCH3 is 1. The Balaban J connectivity index is 1.91. The molecule has 0 aliphatic heterocycles. The number of esters is 1. The van der Waals surface area contributed by atoms with Crippen molar-refractivity contribution in [2.24, 2.45) is 0 Å². The van der Waals surface area contributed by atoms with Crippen molar-refractivity contribution < 1.29 is 14.3 Å². The lowest BCUT2D eigenvalue weighted by Crippen LogP contribution is -2.43. The standard InChI is InChI=1S/C15H17N3O3S2/c1-10-17-18-15(23-10)22-9-13(19)16-12(14(20)21-2)8-11-6-4-3-5-7-11/h3-7,12H,8-9H2,1-2H3,(H,16,19). The van der Waals surface area contributed by atoms with Crippen molar-refractivity contribution in [3.05, 3.63) is 40.9 Å². The molecule has 2 rings (SSSR count). The number of ether oxygens (including phenoxy) is 1. The SMILES string of the molecule is COC(=O)C(Cc1ccccc1)NC(=O)CSc1nnc(C)s1. The van der Waals surface area contributed by atoms with E-state index < -0.39 is 12.0 Å². The Bertz CT molecular complexity index is 661. The summed E-state index contributed by atoms with van der Waals surface area (Å²) in [5.41, 5.74) is 0.954. The van der Waals surface area contributed by atoms with Gasteiger partial charge in [-0.15, -0.1) is 10.2 Å². The summed E-state index contributed by atoms with van der Waals surface area (Å²) >= 11 is 2.73. The molecular weight excluding hydrogens is 334 g/mol. The van der Waals surface area contributed by atoms with E-state index in [4.69, 9.17) is 4.74 Å². The van der Waals surface area contributed by atoms with E-state index in [1.54, 1.807) is 0 Å². The highest BCUT2D eigenvalue weighted by Gasteiger charge is 2.22. The maximum Gasteiger partial charge on any atom is 0.328 e. The molecule has 8 heteroatoms. The first kappa shape index (κ1) is 17.4. The van der Waals surface area contributed by atoms with Crippen LogP contribution < -0.4 is 5.32 Å². The number of hydrogen-bond acceptors (Lipinski definition) is 7. The van der Waals surface area contributed by atoms with Crippen LogP contribution in [0.5, 0.6) is 0 Å². The smallest absolute Gasteiger partial charge is 0.328 e. The molecule has 1 aromatic carbocycles. The van der Waals surface area contributed by atoms with Crippen LogP contribution in [0.25, 0.3) is 0 Å². The van der Waals surface area contributed by atoms with E-state index >= 15 is 0 Å². The molecule has 2 aromatic rings. The van der Waals surface area contributed by atoms with Crippen molar-refractivity contribution in [2.45, 2.75) is 23.7 Å². The van der Waals surface area contributed by atoms with Crippen LogP contribution >= 0.6 is 23.1 Å². The molecule has 0 aliphatic rings. The third kappa shape index (κ3) is 5.65. The molecule has 1 atom stereocenters. The van der Waals surface area contributed by atoms with Gasteiger partial charge >= 0.3 is 5.97 Å². The van der Waals surface area contributed by atoms with E-state index in [-0.39, 0.29) is 11.7 Å². The second kappa shape index (κ2) is 8.64. The maximum atomic E-state index is 12.1. The van der Waals surface area contributed by atoms with Crippen LogP contribution in [0.2, 0.25) is 0 Å². The van der Waals surface area contributed by atoms with Gasteiger partial charge in [0.2, 0.25) is 5.91 Å². The van der Waals surface area contributed by atoms with Gasteiger partial charge in [-0.2, -0.15) is 0 Å². The molecule has 0 fully saturated rings. The minimum Gasteiger partial charge on any atom is -0.467 e. The number of benzene rings is 1. The summed E-state index contributed by atoms with van der Waals surface area (Å²) in [4.78, 5) is 23.9. The number of carbonyl (C=O) groups excluding carboxylic acids is 2. The predicted molar refractivity (Wildman–Crippen MR) is 89.5 cm³/mol. The van der Waals surface area contributed by atoms with E-state index in [1.165, 1.54) is 30.2 Å². The highest BCUT2D eigenvalue weighted by molar-refractivity contribution is 8.01. The largest absolute Gasteiger partial charge is 0.467 e. The molecular formula is C15H17N3O3S2. The molecule has 0 saturated carbocycles. The number of thioether (sulfide) groups is 1. The number of rotatable bonds is 7. The second-order valence-corrected chi connectivity index (χ2v) is 7.11. The first-order valence-corrected chi connectivity index (χ1v) is 8.72. The van der Waals surface area contributed by atoms with Gasteiger partial charge in [0, 0.05) is 6.42 Å². The van der Waals surface area contributed by atoms with Gasteiger partial charge < -0.3 is 10.1 Å². The molecule has 0 saturated heterocycles. The number of hydrogen-bond donors (Lipinski definition) is 1. The Kier molecular flexibility index (Phi) is 6.54. The van der Waals surface area contributed by atoms with Crippen molar-refractivity contribution in [1.29, 1.82) is 0 Å². The fraction of sp³-hybridized carbons (Fsp3) is 0.333. The summed E-state index contributed by atoms with van der Waals surface area (Å²) in [6.07, 6.45) is 0.391. The second-order valence-electron chi connectivity index (χ2n) is 4.71. The Labute approximate surface area is 142 Å². The average Bonchev–Trinajstić information content (AvgIpc) is 2.98. The first-order valence-electron chi connectivity index (χ1n) is 6.92. The minimum absolute atomic E-state index is 0.177. The van der Waals surface area contributed by atoms with Crippen molar-refractivity contribution in [3.8, 4) is 0 Å². The van der Waals surface area contributed by atoms with Gasteiger partial charge in [-0.25, -0.2) is 4.79 Å². The zero-order valence-corrected chi connectivity index (χ0v) is 14.4. The van der Waals surface area contributed by atoms with Crippen LogP contribution in [0.3, 0.4) is 0 Å². The molecule has 1 amide bonds. The maximum absolute atomic E-state index is 12.1. The van der Waals surface area contributed by atoms with Crippen LogP contribution in [0.15, 0.2) is 34.7 Å². The number of amides is 1. The highest BCUT2D eigenvalue weighted by Crippen LogP contribution is 2.21. The lowest BCUT2D eigenvalue weighted by Gasteiger charge is -2.16. The van der Waals surface area contributed by atoms with Gasteiger partial charge in [-0.3, -0.25) is 4.79 Å². The van der Waals surface area contributed by atoms with Crippen LogP contribution in [-0.2, 0) is 20.7 Å². The summed E-state index contributed by atoms with van der Waals surface area (Å²) in [5.74, 6) is -0.523. The van der Waals surface area contributed by atoms with E-state index in [0.717, 1.165) is 14.9 Å². The lowest BCUT2D eigenvalue weighted by atomic mass is 10.1. The Morgan fingerprint density at radius 1 is 1.30 bits per heavy atom. The summed E-state index contributed by atoms with van der Waals surface area (Å²) < 4.78 is 5.50. The third-order valence-corrected chi connectivity index (χ3v) is 4.91. The quantitative estimate of drug-likeness (QED) is 0.605. The van der Waals surface area contributed by atoms with Gasteiger partial charge in [0.15, 0.2) is 4.34 Å². The van der Waals surface area contributed by atoms with Crippen molar-refractivity contribution in [2.75, 3.05) is 12.9 Å². The molecule has 0 spiro atoms. The van der Waals surface area contributed by atoms with E-state index in [2.05, 4.69) is 15.5 Å². The number of nitrogens with one attached hydrogen (secondary N) is 1. The van der Waals surface area contributed by atoms with Gasteiger partial charge in [-0.05, 0) is 12.5 Å². The zero-order valence-electron chi connectivity index (χ0n) is 12.8. The first-order chi connectivity index (χ1) is 11.1. The predicted octanol–water partition coefficient (Wildman–Crippen LogP) is 1.84. The van der Waals surface area contributed by atoms with Crippen molar-refractivity contribution in [3.63, 3.8) is 0 Å². The normalized spacial score (nSPS) is 11.7. The van der Waals surface area contributed by atoms with E-state index in [9.17, 15) is 9.59 Å². The molecule has 0 bridgehead atoms. The Morgan fingerprint density at radius 3 is 2.65 bits per heavy atom. The minimum atomic E-state index is -0.702.